The number of benzene rings is 4. The largest absolute Gasteiger partial charge is 2.00 e. The Bertz CT molecular complexity index is 3530. The van der Waals surface area contributed by atoms with E-state index in [2.05, 4.69) is 131 Å². The number of fused-ring (bicyclic) bond motifs is 9. The van der Waals surface area contributed by atoms with E-state index in [1.165, 1.54) is 16.5 Å². The summed E-state index contributed by atoms with van der Waals surface area (Å²) in [5, 5.41) is 4.58. The number of carbonyl (C=O) groups is 4. The molecule has 10 rings (SSSR count). The molecule has 0 saturated carbocycles. The van der Waals surface area contributed by atoms with Gasteiger partial charge in [0.05, 0.1) is 74.5 Å². The first-order chi connectivity index (χ1) is 38.6. The number of rotatable bonds is 8. The zero-order valence-corrected chi connectivity index (χ0v) is 53.8. The number of hydrogen-bond donors (Lipinski definition) is 4. The fourth-order valence-corrected chi connectivity index (χ4v) is 9.24. The number of aromatic nitrogens is 8. The number of H-pyrrole nitrogens is 4. The summed E-state index contributed by atoms with van der Waals surface area (Å²) in [7, 11) is 4.29. The first-order valence-corrected chi connectivity index (χ1v) is 26.7. The molecule has 85 heavy (non-hydrogen) atoms. The smallest absolute Gasteiger partial charge is 0.632 e. The summed E-state index contributed by atoms with van der Waals surface area (Å²) in [6.45, 7) is 0. The minimum atomic E-state index is -0.995. The molecular formula is C53H48N12O12P4V4. The van der Waals surface area contributed by atoms with E-state index in [1.54, 1.807) is 12.4 Å². The Morgan fingerprint density at radius 2 is 0.882 bits per heavy atom. The van der Waals surface area contributed by atoms with Gasteiger partial charge in [-0.3, -0.25) is 19.2 Å². The summed E-state index contributed by atoms with van der Waals surface area (Å²) >= 11 is 0. The molecular weight excluding hydrogens is 1320 g/mol. The minimum absolute atomic E-state index is 0. The van der Waals surface area contributed by atoms with Crippen LogP contribution in [0.3, 0.4) is 0 Å². The van der Waals surface area contributed by atoms with Crippen molar-refractivity contribution in [2.75, 3.05) is 28.4 Å². The molecule has 0 bridgehead atoms. The van der Waals surface area contributed by atoms with Gasteiger partial charge in [-0.1, -0.05) is 49.6 Å². The fraction of sp³-hybridized carbons (Fsp3) is 0.170. The van der Waals surface area contributed by atoms with Crippen LogP contribution in [0.5, 0.6) is 0 Å². The van der Waals surface area contributed by atoms with Crippen molar-refractivity contribution >= 4 is 127 Å². The molecule has 4 heterocycles. The van der Waals surface area contributed by atoms with E-state index in [0.717, 1.165) is 115 Å². The van der Waals surface area contributed by atoms with Gasteiger partial charge in [0.25, 0.3) is 0 Å². The van der Waals surface area contributed by atoms with E-state index in [0.29, 0.717) is 33.6 Å². The van der Waals surface area contributed by atoms with Gasteiger partial charge in [-0.05, 0) is 101 Å². The molecule has 32 heteroatoms. The maximum atomic E-state index is 10.7. The zero-order chi connectivity index (χ0) is 58.1. The molecule has 4 atom stereocenters. The van der Waals surface area contributed by atoms with E-state index in [4.69, 9.17) is 22.9 Å². The van der Waals surface area contributed by atoms with Crippen molar-refractivity contribution in [2.24, 2.45) is 0 Å². The van der Waals surface area contributed by atoms with Crippen molar-refractivity contribution in [3.8, 4) is 46.2 Å². The van der Waals surface area contributed by atoms with Gasteiger partial charge in [0.15, 0.2) is 0 Å². The number of aryl methyl sites for hydroxylation is 4. The fourth-order valence-electron chi connectivity index (χ4n) is 7.44. The number of imidazole rings is 4. The molecule has 0 aliphatic heterocycles. The van der Waals surface area contributed by atoms with Crippen molar-refractivity contribution in [1.29, 1.82) is 0 Å². The van der Waals surface area contributed by atoms with Crippen LogP contribution in [0.2, 0.25) is 0 Å². The van der Waals surface area contributed by atoms with Gasteiger partial charge >= 0.3 is 74.2 Å². The van der Waals surface area contributed by atoms with Crippen molar-refractivity contribution < 1.29 is 132 Å². The number of aromatic amines is 4. The molecule has 8 aromatic rings. The van der Waals surface area contributed by atoms with Crippen molar-refractivity contribution in [1.82, 2.24) is 39.9 Å². The van der Waals surface area contributed by atoms with Gasteiger partial charge in [-0.15, -0.1) is 0 Å². The number of nitrogens with zero attached hydrogens (tertiary/aromatic N) is 4. The molecule has 0 spiro atoms. The number of methoxy groups -OCH3 is 4. The van der Waals surface area contributed by atoms with Crippen LogP contribution < -0.4 is 22.3 Å². The molecule has 4 unspecified atom stereocenters. The Kier molecular flexibility index (Phi) is 37.2. The molecule has 2 aliphatic carbocycles. The molecule has 0 fully saturated rings. The van der Waals surface area contributed by atoms with Crippen molar-refractivity contribution in [3.63, 3.8) is 0 Å². The molecule has 4 amide bonds. The second-order valence-corrected chi connectivity index (χ2v) is 19.3. The monoisotopic (exact) mass is 1370 g/mol. The average molecular weight is 1370 g/mol. The van der Waals surface area contributed by atoms with Crippen molar-refractivity contribution in [3.05, 3.63) is 141 Å². The molecule has 8 N–H and O–H groups in total. The second-order valence-electron chi connectivity index (χ2n) is 15.6. The van der Waals surface area contributed by atoms with Crippen LogP contribution in [0.4, 0.5) is 19.2 Å². The summed E-state index contributed by atoms with van der Waals surface area (Å²) in [5.74, 6) is 12.4. The Balaban J connectivity index is 0.00000121. The van der Waals surface area contributed by atoms with E-state index in [-0.39, 0.29) is 116 Å². The van der Waals surface area contributed by atoms with Crippen LogP contribution in [0.1, 0.15) is 52.5 Å². The quantitative estimate of drug-likeness (QED) is 0.0481. The topological polar surface area (TPSA) is 383 Å². The maximum absolute atomic E-state index is 10.7. The van der Waals surface area contributed by atoms with Crippen LogP contribution in [0.15, 0.2) is 73.1 Å². The van der Waals surface area contributed by atoms with E-state index >= 15 is 0 Å². The van der Waals surface area contributed by atoms with Gasteiger partial charge < -0.3 is 81.0 Å². The van der Waals surface area contributed by atoms with E-state index in [1.807, 2.05) is 36.2 Å². The molecule has 4 aromatic heterocycles. The average Bonchev–Trinajstić information content (AvgIpc) is 2.45. The molecule has 432 valence electrons. The Hall–Kier alpha value is -6.82. The maximum Gasteiger partial charge on any atom is 2.00 e. The predicted molar refractivity (Wildman–Crippen MR) is 315 cm³/mol. The van der Waals surface area contributed by atoms with Gasteiger partial charge in [0.2, 0.25) is 24.4 Å². The molecule has 24 nitrogen and oxygen atoms in total. The van der Waals surface area contributed by atoms with Crippen LogP contribution in [0, 0.1) is 23.7 Å². The molecule has 4 aromatic carbocycles. The van der Waals surface area contributed by atoms with Gasteiger partial charge in [-0.25, -0.2) is 44.0 Å². The third kappa shape index (κ3) is 24.2. The summed E-state index contributed by atoms with van der Waals surface area (Å²) < 4.78 is 15.1. The summed E-state index contributed by atoms with van der Waals surface area (Å²) in [6.07, 6.45) is 2.88. The minimum Gasteiger partial charge on any atom is -0.632 e. The van der Waals surface area contributed by atoms with Gasteiger partial charge in [0, 0.05) is 33.6 Å². The van der Waals surface area contributed by atoms with Crippen LogP contribution in [-0.4, -0.2) is 117 Å². The Morgan fingerprint density at radius 1 is 0.482 bits per heavy atom. The number of carbonyl (C=O) groups excluding carboxylic acids is 8. The van der Waals surface area contributed by atoms with Crippen LogP contribution in [-0.2, 0) is 138 Å². The predicted octanol–water partition coefficient (Wildman–Crippen LogP) is 8.23. The van der Waals surface area contributed by atoms with E-state index in [9.17, 15) is 38.4 Å². The van der Waals surface area contributed by atoms with Gasteiger partial charge in [-0.2, -0.15) is 34.3 Å². The summed E-state index contributed by atoms with van der Waals surface area (Å²) in [5.41, 5.74) is 38.4. The third-order valence-corrected chi connectivity index (χ3v) is 13.1. The van der Waals surface area contributed by atoms with E-state index < -0.39 is 24.4 Å². The number of hydrogen-bond acceptors (Lipinski definition) is 16. The zero-order valence-electron chi connectivity index (χ0n) is 44.2. The first kappa shape index (κ1) is 78.2. The van der Waals surface area contributed by atoms with Crippen LogP contribution in [0.25, 0.3) is 67.0 Å². The van der Waals surface area contributed by atoms with Crippen LogP contribution >= 0.6 is 34.3 Å². The summed E-state index contributed by atoms with van der Waals surface area (Å²) in [6, 6.07) is 28.4. The number of ether oxygens (including phenoxy) is 4. The Morgan fingerprint density at radius 3 is 1.33 bits per heavy atom. The number of amides is 4. The SMILES string of the molecule is C.COC([NH-])=O.COC([NH-])=O.COC([NH-])=O.COC([NH-])=O.O=[C-]Pc1ncc(C#Cc2ccc3c4c(ccc3c2)-c2nc(P[C-]=O)[nH]c2CC4)[nH]1.O=[C-]Pc1ncc(C#Cc2ccc3cc4c(cc3c2)CCc2[nH]c(P[C-]=O)nc2-4)[nH]1.[V+2].[V+2].[V+2].[V+2]. The normalized spacial score (nSPS) is 10.6. The number of nitrogens with one attached hydrogen (secondary N) is 8. The second kappa shape index (κ2) is 40.5. The molecule has 0 saturated heterocycles. The van der Waals surface area contributed by atoms with Crippen molar-refractivity contribution in [2.45, 2.75) is 33.1 Å². The standard InChI is InChI=1S/2C22H14N4O2P2.4C2H5NO2.CH4.4V/c27-11-29-21-23-10-15(24-21)4-1-13-2-5-16-14(9-13)3-6-18-17(16)7-8-19-20(18)26-22(25-19)30-12-28;27-11-29-21-23-10-17(24-21)5-2-13-1-3-14-9-18-15(8-16(14)7-13)4-6-19-20(18)26-22(25-19)30-12-28;4*1-5-2(3)4;;;;;/h2-3,5-6,9-10,29-30H,7-8H2,(H,23,24)(H,25,26);1,3,7-10,29-30H,4,6H2,(H,23,24)(H,25,26);4*1H3,(H2,3,4);1H4;;;;/q2*-2;;;;;;4*+2/p-4. The molecule has 2 aliphatic rings. The van der Waals surface area contributed by atoms with Gasteiger partial charge in [0.1, 0.15) is 11.4 Å². The summed E-state index contributed by atoms with van der Waals surface area (Å²) in [4.78, 5) is 109. The molecule has 4 radical (unpaired) electrons. The Labute approximate surface area is 542 Å². The third-order valence-electron chi connectivity index (χ3n) is 10.8. The first-order valence-electron chi connectivity index (χ1n) is 22.7.